The zero-order valence-electron chi connectivity index (χ0n) is 9.23. The number of hydrogen-bond donors (Lipinski definition) is 0. The van der Waals surface area contributed by atoms with Crippen molar-refractivity contribution in [3.05, 3.63) is 11.6 Å². The molecule has 0 bridgehead atoms. The van der Waals surface area contributed by atoms with Crippen molar-refractivity contribution < 1.29 is 23.3 Å². The standard InChI is InChI=1S/C9H15O5S/c1-13-8(10)7(9(11)14-2)5-6-15(3,4)12/h5H,6H2,1-4H3/q+1. The smallest absolute Gasteiger partial charge is 0.345 e. The number of esters is 2. The van der Waals surface area contributed by atoms with Crippen LogP contribution in [-0.2, 0) is 33.2 Å². The molecule has 5 nitrogen and oxygen atoms in total. The topological polar surface area (TPSA) is 69.7 Å². The molecule has 15 heavy (non-hydrogen) atoms. The average molecular weight is 235 g/mol. The largest absolute Gasteiger partial charge is 0.465 e. The second kappa shape index (κ2) is 5.65. The van der Waals surface area contributed by atoms with Gasteiger partial charge >= 0.3 is 11.9 Å². The van der Waals surface area contributed by atoms with Gasteiger partial charge in [-0.15, -0.1) is 4.21 Å². The second-order valence-corrected chi connectivity index (χ2v) is 6.41. The molecule has 0 aromatic carbocycles. The highest BCUT2D eigenvalue weighted by Gasteiger charge is 2.21. The molecule has 0 aliphatic carbocycles. The first-order chi connectivity index (χ1) is 6.81. The minimum atomic E-state index is -2.04. The van der Waals surface area contributed by atoms with E-state index in [0.29, 0.717) is 0 Å². The van der Waals surface area contributed by atoms with Crippen molar-refractivity contribution in [2.45, 2.75) is 0 Å². The van der Waals surface area contributed by atoms with Gasteiger partial charge in [-0.25, -0.2) is 9.59 Å². The van der Waals surface area contributed by atoms with Gasteiger partial charge < -0.3 is 9.47 Å². The molecular weight excluding hydrogens is 220 g/mol. The highest BCUT2D eigenvalue weighted by molar-refractivity contribution is 8.01. The van der Waals surface area contributed by atoms with Crippen molar-refractivity contribution in [1.29, 1.82) is 0 Å². The molecule has 0 aromatic heterocycles. The van der Waals surface area contributed by atoms with Crippen LogP contribution in [0.2, 0.25) is 0 Å². The highest BCUT2D eigenvalue weighted by atomic mass is 32.2. The van der Waals surface area contributed by atoms with E-state index in [1.165, 1.54) is 18.6 Å². The van der Waals surface area contributed by atoms with E-state index in [4.69, 9.17) is 0 Å². The van der Waals surface area contributed by atoms with Gasteiger partial charge in [-0.3, -0.25) is 0 Å². The van der Waals surface area contributed by atoms with Crippen molar-refractivity contribution >= 4 is 21.9 Å². The summed E-state index contributed by atoms with van der Waals surface area (Å²) in [4.78, 5) is 22.3. The van der Waals surface area contributed by atoms with Crippen molar-refractivity contribution in [2.75, 3.05) is 32.5 Å². The molecule has 0 rings (SSSR count). The number of ether oxygens (including phenoxy) is 2. The van der Waals surface area contributed by atoms with E-state index in [1.54, 1.807) is 0 Å². The van der Waals surface area contributed by atoms with Crippen LogP contribution in [0.15, 0.2) is 11.6 Å². The van der Waals surface area contributed by atoms with Crippen LogP contribution in [0.4, 0.5) is 0 Å². The van der Waals surface area contributed by atoms with E-state index in [1.807, 2.05) is 0 Å². The monoisotopic (exact) mass is 235 g/mol. The van der Waals surface area contributed by atoms with Crippen LogP contribution in [0.5, 0.6) is 0 Å². The van der Waals surface area contributed by atoms with Gasteiger partial charge in [0.05, 0.1) is 24.2 Å². The molecule has 0 fully saturated rings. The van der Waals surface area contributed by atoms with Gasteiger partial charge in [0.1, 0.15) is 23.8 Å². The van der Waals surface area contributed by atoms with E-state index in [-0.39, 0.29) is 11.3 Å². The SMILES string of the molecule is COC(=O)C(=CC[S+](C)(C)=O)C(=O)OC. The first kappa shape index (κ1) is 13.8. The number of carbonyl (C=O) groups is 2. The van der Waals surface area contributed by atoms with E-state index in [0.717, 1.165) is 14.2 Å². The summed E-state index contributed by atoms with van der Waals surface area (Å²) in [6, 6.07) is 0. The van der Waals surface area contributed by atoms with Crippen molar-refractivity contribution in [3.8, 4) is 0 Å². The van der Waals surface area contributed by atoms with Gasteiger partial charge in [0, 0.05) is 0 Å². The lowest BCUT2D eigenvalue weighted by molar-refractivity contribution is -0.144. The lowest BCUT2D eigenvalue weighted by atomic mass is 10.2. The predicted molar refractivity (Wildman–Crippen MR) is 56.9 cm³/mol. The van der Waals surface area contributed by atoms with Gasteiger partial charge in [0.25, 0.3) is 0 Å². The first-order valence-electron chi connectivity index (χ1n) is 4.10. The Morgan fingerprint density at radius 1 is 1.13 bits per heavy atom. The molecule has 6 heteroatoms. The summed E-state index contributed by atoms with van der Waals surface area (Å²) in [5.74, 6) is -1.44. The fourth-order valence-electron chi connectivity index (χ4n) is 0.754. The molecule has 0 aromatic rings. The van der Waals surface area contributed by atoms with Gasteiger partial charge in [-0.05, 0) is 6.08 Å². The Bertz CT molecular complexity index is 307. The number of hydrogen-bond acceptors (Lipinski definition) is 5. The van der Waals surface area contributed by atoms with E-state index in [9.17, 15) is 13.8 Å². The highest BCUT2D eigenvalue weighted by Crippen LogP contribution is 2.04. The molecule has 0 heterocycles. The molecule has 0 aliphatic rings. The zero-order chi connectivity index (χ0) is 12.1. The summed E-state index contributed by atoms with van der Waals surface area (Å²) >= 11 is 0. The Morgan fingerprint density at radius 3 is 1.80 bits per heavy atom. The number of methoxy groups -OCH3 is 2. The number of carbonyl (C=O) groups excluding carboxylic acids is 2. The van der Waals surface area contributed by atoms with Crippen LogP contribution in [0.25, 0.3) is 0 Å². The molecule has 0 atom stereocenters. The molecule has 0 aliphatic heterocycles. The van der Waals surface area contributed by atoms with Crippen LogP contribution in [0.3, 0.4) is 0 Å². The summed E-state index contributed by atoms with van der Waals surface area (Å²) in [7, 11) is 0.277. The second-order valence-electron chi connectivity index (χ2n) is 3.20. The molecule has 0 unspecified atom stereocenters. The molecule has 0 N–H and O–H groups in total. The summed E-state index contributed by atoms with van der Waals surface area (Å²) in [6.07, 6.45) is 4.35. The van der Waals surface area contributed by atoms with Crippen molar-refractivity contribution in [3.63, 3.8) is 0 Å². The minimum Gasteiger partial charge on any atom is -0.465 e. The fourth-order valence-corrected chi connectivity index (χ4v) is 1.32. The Hall–Kier alpha value is -1.17. The maximum absolute atomic E-state index is 11.4. The quantitative estimate of drug-likeness (QED) is 0.226. The molecule has 0 amide bonds. The third-order valence-corrected chi connectivity index (χ3v) is 2.47. The summed E-state index contributed by atoms with van der Waals surface area (Å²) in [5, 5.41) is 0. The molecular formula is C9H15O5S+. The Balaban J connectivity index is 4.87. The molecule has 0 saturated carbocycles. The normalized spacial score (nSPS) is 10.4. The molecule has 0 radical (unpaired) electrons. The summed E-state index contributed by atoms with van der Waals surface area (Å²) in [5.41, 5.74) is -0.226. The van der Waals surface area contributed by atoms with Crippen LogP contribution >= 0.6 is 0 Å². The zero-order valence-corrected chi connectivity index (χ0v) is 10.1. The third-order valence-electron chi connectivity index (χ3n) is 1.50. The van der Waals surface area contributed by atoms with Crippen LogP contribution in [0.1, 0.15) is 0 Å². The van der Waals surface area contributed by atoms with Crippen LogP contribution in [-0.4, -0.2) is 44.4 Å². The lowest BCUT2D eigenvalue weighted by Crippen LogP contribution is -2.18. The molecule has 0 spiro atoms. The maximum atomic E-state index is 11.4. The third kappa shape index (κ3) is 5.31. The maximum Gasteiger partial charge on any atom is 0.345 e. The first-order valence-corrected chi connectivity index (χ1v) is 6.65. The van der Waals surface area contributed by atoms with Crippen LogP contribution in [0, 0.1) is 0 Å². The predicted octanol–water partition coefficient (Wildman–Crippen LogP) is 0.0179. The summed E-state index contributed by atoms with van der Waals surface area (Å²) < 4.78 is 20.2. The van der Waals surface area contributed by atoms with E-state index >= 15 is 0 Å². The molecule has 0 saturated heterocycles. The van der Waals surface area contributed by atoms with Crippen LogP contribution < -0.4 is 0 Å². The van der Waals surface area contributed by atoms with Crippen molar-refractivity contribution in [2.24, 2.45) is 0 Å². The fraction of sp³-hybridized carbons (Fsp3) is 0.556. The molecule has 86 valence electrons. The Morgan fingerprint density at radius 2 is 1.53 bits per heavy atom. The van der Waals surface area contributed by atoms with Gasteiger partial charge in [0.2, 0.25) is 0 Å². The Labute approximate surface area is 89.9 Å². The van der Waals surface area contributed by atoms with Gasteiger partial charge in [-0.2, -0.15) is 0 Å². The van der Waals surface area contributed by atoms with E-state index in [2.05, 4.69) is 9.47 Å². The summed E-state index contributed by atoms with van der Waals surface area (Å²) in [6.45, 7) is 0. The lowest BCUT2D eigenvalue weighted by Gasteiger charge is -2.03. The minimum absolute atomic E-state index is 0.131. The number of rotatable bonds is 4. The van der Waals surface area contributed by atoms with E-state index < -0.39 is 21.9 Å². The van der Waals surface area contributed by atoms with Crippen molar-refractivity contribution in [1.82, 2.24) is 0 Å². The average Bonchev–Trinajstić information content (AvgIpc) is 2.15. The Kier molecular flexibility index (Phi) is 5.21. The van der Waals surface area contributed by atoms with Gasteiger partial charge in [0.15, 0.2) is 0 Å². The van der Waals surface area contributed by atoms with Gasteiger partial charge in [-0.1, -0.05) is 0 Å².